The standard InChI is InChI=1S/C15H16F2N2O2/c1-20-13-5-3-4-12(15(13)21-2)14(19-18)9-6-10(16)8-11(17)7-9/h3-8,14,19H,18H2,1-2H3. The van der Waals surface area contributed by atoms with Gasteiger partial charge in [0.15, 0.2) is 11.5 Å². The largest absolute Gasteiger partial charge is 0.493 e. The van der Waals surface area contributed by atoms with E-state index < -0.39 is 17.7 Å². The zero-order valence-electron chi connectivity index (χ0n) is 11.7. The van der Waals surface area contributed by atoms with Crippen molar-refractivity contribution in [1.82, 2.24) is 5.43 Å². The maximum absolute atomic E-state index is 13.4. The zero-order chi connectivity index (χ0) is 15.4. The third kappa shape index (κ3) is 3.12. The molecule has 2 aromatic carbocycles. The Balaban J connectivity index is 2.56. The molecular formula is C15H16F2N2O2. The average Bonchev–Trinajstić information content (AvgIpc) is 2.46. The van der Waals surface area contributed by atoms with Crippen molar-refractivity contribution in [2.24, 2.45) is 5.84 Å². The van der Waals surface area contributed by atoms with E-state index in [1.807, 2.05) is 0 Å². The van der Waals surface area contributed by atoms with E-state index in [0.717, 1.165) is 6.07 Å². The van der Waals surface area contributed by atoms with E-state index in [1.54, 1.807) is 18.2 Å². The maximum Gasteiger partial charge on any atom is 0.165 e. The van der Waals surface area contributed by atoms with Crippen molar-refractivity contribution in [3.05, 3.63) is 59.2 Å². The molecule has 0 spiro atoms. The molecule has 0 bridgehead atoms. The van der Waals surface area contributed by atoms with Gasteiger partial charge in [0.2, 0.25) is 0 Å². The van der Waals surface area contributed by atoms with E-state index in [9.17, 15) is 8.78 Å². The number of hydrogen-bond acceptors (Lipinski definition) is 4. The molecule has 6 heteroatoms. The third-order valence-corrected chi connectivity index (χ3v) is 3.13. The van der Waals surface area contributed by atoms with E-state index in [1.165, 1.54) is 26.4 Å². The summed E-state index contributed by atoms with van der Waals surface area (Å²) in [5, 5.41) is 0. The fraction of sp³-hybridized carbons (Fsp3) is 0.200. The first kappa shape index (κ1) is 15.2. The first-order valence-corrected chi connectivity index (χ1v) is 6.23. The van der Waals surface area contributed by atoms with E-state index >= 15 is 0 Å². The van der Waals surface area contributed by atoms with Gasteiger partial charge >= 0.3 is 0 Å². The van der Waals surface area contributed by atoms with Gasteiger partial charge in [0, 0.05) is 11.6 Å². The summed E-state index contributed by atoms with van der Waals surface area (Å²) in [5.74, 6) is 5.17. The first-order valence-electron chi connectivity index (χ1n) is 6.23. The number of para-hydroxylation sites is 1. The van der Waals surface area contributed by atoms with Gasteiger partial charge < -0.3 is 9.47 Å². The Morgan fingerprint density at radius 3 is 2.24 bits per heavy atom. The Kier molecular flexibility index (Phi) is 4.72. The van der Waals surface area contributed by atoms with E-state index in [0.29, 0.717) is 22.6 Å². The third-order valence-electron chi connectivity index (χ3n) is 3.13. The van der Waals surface area contributed by atoms with Gasteiger partial charge in [-0.15, -0.1) is 0 Å². The Bertz CT molecular complexity index is 615. The highest BCUT2D eigenvalue weighted by Crippen LogP contribution is 2.37. The smallest absolute Gasteiger partial charge is 0.165 e. The molecule has 0 fully saturated rings. The van der Waals surface area contributed by atoms with Crippen LogP contribution in [-0.4, -0.2) is 14.2 Å². The predicted molar refractivity (Wildman–Crippen MR) is 75.1 cm³/mol. The van der Waals surface area contributed by atoms with E-state index in [2.05, 4.69) is 5.43 Å². The van der Waals surface area contributed by atoms with Crippen molar-refractivity contribution in [3.8, 4) is 11.5 Å². The molecular weight excluding hydrogens is 278 g/mol. The fourth-order valence-corrected chi connectivity index (χ4v) is 2.25. The molecule has 21 heavy (non-hydrogen) atoms. The molecule has 0 amide bonds. The summed E-state index contributed by atoms with van der Waals surface area (Å²) in [4.78, 5) is 0. The van der Waals surface area contributed by atoms with Gasteiger partial charge in [-0.2, -0.15) is 0 Å². The Hall–Kier alpha value is -2.18. The first-order chi connectivity index (χ1) is 10.1. The number of nitrogens with two attached hydrogens (primary N) is 1. The summed E-state index contributed by atoms with van der Waals surface area (Å²) in [7, 11) is 3.00. The molecule has 112 valence electrons. The topological polar surface area (TPSA) is 56.5 Å². The van der Waals surface area contributed by atoms with Gasteiger partial charge in [0.05, 0.1) is 20.3 Å². The Morgan fingerprint density at radius 1 is 1.05 bits per heavy atom. The van der Waals surface area contributed by atoms with Crippen molar-refractivity contribution in [2.45, 2.75) is 6.04 Å². The molecule has 0 aromatic heterocycles. The van der Waals surface area contributed by atoms with Gasteiger partial charge in [0.25, 0.3) is 0 Å². The molecule has 0 aliphatic rings. The Labute approximate surface area is 121 Å². The number of methoxy groups -OCH3 is 2. The molecule has 2 rings (SSSR count). The van der Waals surface area contributed by atoms with Crippen LogP contribution in [0.25, 0.3) is 0 Å². The van der Waals surface area contributed by atoms with E-state index in [4.69, 9.17) is 15.3 Å². The highest BCUT2D eigenvalue weighted by atomic mass is 19.1. The number of rotatable bonds is 5. The molecule has 4 nitrogen and oxygen atoms in total. The van der Waals surface area contributed by atoms with Gasteiger partial charge in [-0.1, -0.05) is 12.1 Å². The van der Waals surface area contributed by atoms with Crippen LogP contribution in [0.15, 0.2) is 36.4 Å². The zero-order valence-corrected chi connectivity index (χ0v) is 11.7. The molecule has 1 unspecified atom stereocenters. The molecule has 0 radical (unpaired) electrons. The second-order valence-corrected chi connectivity index (χ2v) is 4.39. The minimum atomic E-state index is -0.674. The van der Waals surface area contributed by atoms with Crippen molar-refractivity contribution in [2.75, 3.05) is 14.2 Å². The fourth-order valence-electron chi connectivity index (χ4n) is 2.25. The lowest BCUT2D eigenvalue weighted by atomic mass is 9.97. The van der Waals surface area contributed by atoms with Crippen LogP contribution in [0, 0.1) is 11.6 Å². The number of halogens is 2. The number of ether oxygens (including phenoxy) is 2. The van der Waals surface area contributed by atoms with Crippen LogP contribution in [0.2, 0.25) is 0 Å². The molecule has 0 heterocycles. The number of nitrogens with one attached hydrogen (secondary N) is 1. The molecule has 2 aromatic rings. The number of benzene rings is 2. The summed E-state index contributed by atoms with van der Waals surface area (Å²) in [6, 6.07) is 7.81. The van der Waals surface area contributed by atoms with Crippen molar-refractivity contribution >= 4 is 0 Å². The highest BCUT2D eigenvalue weighted by molar-refractivity contribution is 5.50. The molecule has 0 aliphatic heterocycles. The van der Waals surface area contributed by atoms with Gasteiger partial charge in [-0.05, 0) is 23.8 Å². The molecule has 1 atom stereocenters. The Morgan fingerprint density at radius 2 is 1.71 bits per heavy atom. The molecule has 0 aliphatic carbocycles. The van der Waals surface area contributed by atoms with Crippen LogP contribution >= 0.6 is 0 Å². The molecule has 0 saturated heterocycles. The highest BCUT2D eigenvalue weighted by Gasteiger charge is 2.21. The summed E-state index contributed by atoms with van der Waals surface area (Å²) >= 11 is 0. The van der Waals surface area contributed by atoms with E-state index in [-0.39, 0.29) is 0 Å². The molecule has 0 saturated carbocycles. The van der Waals surface area contributed by atoms with Crippen LogP contribution in [0.4, 0.5) is 8.78 Å². The minimum Gasteiger partial charge on any atom is -0.493 e. The number of hydrazine groups is 1. The van der Waals surface area contributed by atoms with Crippen LogP contribution in [0.3, 0.4) is 0 Å². The summed E-state index contributed by atoms with van der Waals surface area (Å²) in [6.45, 7) is 0. The van der Waals surface area contributed by atoms with Crippen molar-refractivity contribution in [1.29, 1.82) is 0 Å². The lowest BCUT2D eigenvalue weighted by Gasteiger charge is -2.21. The summed E-state index contributed by atoms with van der Waals surface area (Å²) in [6.07, 6.45) is 0. The second-order valence-electron chi connectivity index (χ2n) is 4.39. The van der Waals surface area contributed by atoms with Crippen molar-refractivity contribution in [3.63, 3.8) is 0 Å². The second kappa shape index (κ2) is 6.51. The monoisotopic (exact) mass is 294 g/mol. The quantitative estimate of drug-likeness (QED) is 0.657. The summed E-state index contributed by atoms with van der Waals surface area (Å²) in [5.41, 5.74) is 3.51. The predicted octanol–water partition coefficient (Wildman–Crippen LogP) is 2.53. The lowest BCUT2D eigenvalue weighted by Crippen LogP contribution is -2.29. The van der Waals surface area contributed by atoms with Crippen LogP contribution in [0.1, 0.15) is 17.2 Å². The number of hydrogen-bond donors (Lipinski definition) is 2. The van der Waals surface area contributed by atoms with Gasteiger partial charge in [-0.3, -0.25) is 5.84 Å². The molecule has 3 N–H and O–H groups in total. The van der Waals surface area contributed by atoms with Crippen LogP contribution < -0.4 is 20.7 Å². The van der Waals surface area contributed by atoms with Gasteiger partial charge in [0.1, 0.15) is 11.6 Å². The van der Waals surface area contributed by atoms with Gasteiger partial charge in [-0.25, -0.2) is 14.2 Å². The summed E-state index contributed by atoms with van der Waals surface area (Å²) < 4.78 is 37.3. The average molecular weight is 294 g/mol. The van der Waals surface area contributed by atoms with Crippen LogP contribution in [0.5, 0.6) is 11.5 Å². The van der Waals surface area contributed by atoms with Crippen molar-refractivity contribution < 1.29 is 18.3 Å². The maximum atomic E-state index is 13.4. The SMILES string of the molecule is COc1cccc(C(NN)c2cc(F)cc(F)c2)c1OC. The van der Waals surface area contributed by atoms with Crippen LogP contribution in [-0.2, 0) is 0 Å². The lowest BCUT2D eigenvalue weighted by molar-refractivity contribution is 0.349. The normalized spacial score (nSPS) is 12.0. The minimum absolute atomic E-state index is 0.349.